The Bertz CT molecular complexity index is 417. The predicted molar refractivity (Wildman–Crippen MR) is 74.0 cm³/mol. The number of anilines is 1. The molecule has 1 rings (SSSR count). The highest BCUT2D eigenvalue weighted by molar-refractivity contribution is 8.01. The largest absolute Gasteiger partial charge is 0.480 e. The van der Waals surface area contributed by atoms with Gasteiger partial charge >= 0.3 is 5.97 Å². The van der Waals surface area contributed by atoms with Crippen LogP contribution in [0.4, 0.5) is 5.69 Å². The van der Waals surface area contributed by atoms with Crippen LogP contribution in [0.3, 0.4) is 0 Å². The average molecular weight is 267 g/mol. The van der Waals surface area contributed by atoms with Crippen LogP contribution in [0.1, 0.15) is 18.9 Å². The number of carbonyl (C=O) groups is 2. The molecule has 0 heterocycles. The molecular formula is C13H17NO3S. The second-order valence-electron chi connectivity index (χ2n) is 3.96. The molecule has 0 aliphatic carbocycles. The maximum absolute atomic E-state index is 11.6. The smallest absolute Gasteiger partial charge is 0.316 e. The van der Waals surface area contributed by atoms with Crippen molar-refractivity contribution in [2.24, 2.45) is 0 Å². The minimum absolute atomic E-state index is 0.151. The van der Waals surface area contributed by atoms with Gasteiger partial charge in [-0.25, -0.2) is 0 Å². The summed E-state index contributed by atoms with van der Waals surface area (Å²) in [5.74, 6) is -0.896. The Morgan fingerprint density at radius 2 is 1.94 bits per heavy atom. The number of hydrogen-bond donors (Lipinski definition) is 2. The highest BCUT2D eigenvalue weighted by atomic mass is 32.2. The number of amides is 1. The van der Waals surface area contributed by atoms with Crippen molar-refractivity contribution in [1.29, 1.82) is 0 Å². The van der Waals surface area contributed by atoms with Crippen molar-refractivity contribution in [2.45, 2.75) is 25.5 Å². The van der Waals surface area contributed by atoms with Crippen LogP contribution in [0.25, 0.3) is 0 Å². The fraction of sp³-hybridized carbons (Fsp3) is 0.385. The van der Waals surface area contributed by atoms with E-state index in [9.17, 15) is 9.59 Å². The Morgan fingerprint density at radius 1 is 1.33 bits per heavy atom. The number of carboxylic acid groups (broad SMARTS) is 1. The maximum Gasteiger partial charge on any atom is 0.316 e. The molecule has 18 heavy (non-hydrogen) atoms. The van der Waals surface area contributed by atoms with Crippen LogP contribution in [0, 0.1) is 6.92 Å². The van der Waals surface area contributed by atoms with Gasteiger partial charge in [0.25, 0.3) is 0 Å². The Balaban J connectivity index is 2.42. The summed E-state index contributed by atoms with van der Waals surface area (Å²) < 4.78 is 0. The normalized spacial score (nSPS) is 11.9. The molecule has 1 atom stereocenters. The molecule has 2 N–H and O–H groups in total. The van der Waals surface area contributed by atoms with Crippen LogP contribution < -0.4 is 5.32 Å². The molecule has 0 aliphatic heterocycles. The van der Waals surface area contributed by atoms with Crippen LogP contribution in [0.15, 0.2) is 24.3 Å². The minimum atomic E-state index is -0.870. The Hall–Kier alpha value is -1.49. The fourth-order valence-electron chi connectivity index (χ4n) is 1.37. The lowest BCUT2D eigenvalue weighted by atomic mass is 10.2. The van der Waals surface area contributed by atoms with E-state index in [1.54, 1.807) is 6.92 Å². The first-order valence-electron chi connectivity index (χ1n) is 5.74. The lowest BCUT2D eigenvalue weighted by Gasteiger charge is -2.09. The van der Waals surface area contributed by atoms with E-state index in [1.165, 1.54) is 0 Å². The summed E-state index contributed by atoms with van der Waals surface area (Å²) in [4.78, 5) is 22.4. The zero-order chi connectivity index (χ0) is 13.5. The van der Waals surface area contributed by atoms with Gasteiger partial charge in [0.05, 0.1) is 5.75 Å². The van der Waals surface area contributed by atoms with E-state index in [-0.39, 0.29) is 11.7 Å². The summed E-state index contributed by atoms with van der Waals surface area (Å²) >= 11 is 1.15. The van der Waals surface area contributed by atoms with E-state index < -0.39 is 11.2 Å². The molecule has 1 aromatic rings. The average Bonchev–Trinajstić information content (AvgIpc) is 2.32. The van der Waals surface area contributed by atoms with E-state index in [2.05, 4.69) is 5.32 Å². The molecule has 4 nitrogen and oxygen atoms in total. The predicted octanol–water partition coefficient (Wildman–Crippen LogP) is 2.53. The van der Waals surface area contributed by atoms with Gasteiger partial charge in [0.15, 0.2) is 0 Å². The quantitative estimate of drug-likeness (QED) is 0.831. The summed E-state index contributed by atoms with van der Waals surface area (Å²) in [6.07, 6.45) is 0.512. The first-order valence-corrected chi connectivity index (χ1v) is 6.78. The zero-order valence-corrected chi connectivity index (χ0v) is 11.3. The number of hydrogen-bond acceptors (Lipinski definition) is 3. The van der Waals surface area contributed by atoms with Gasteiger partial charge in [-0.15, -0.1) is 11.8 Å². The van der Waals surface area contributed by atoms with Crippen LogP contribution >= 0.6 is 11.8 Å². The van der Waals surface area contributed by atoms with Gasteiger partial charge in [0.2, 0.25) is 5.91 Å². The van der Waals surface area contributed by atoms with Crippen LogP contribution in [0.2, 0.25) is 0 Å². The topological polar surface area (TPSA) is 66.4 Å². The highest BCUT2D eigenvalue weighted by Gasteiger charge is 2.16. The third-order valence-corrected chi connectivity index (χ3v) is 3.76. The minimum Gasteiger partial charge on any atom is -0.480 e. The van der Waals surface area contributed by atoms with Gasteiger partial charge in [-0.3, -0.25) is 9.59 Å². The lowest BCUT2D eigenvalue weighted by molar-refractivity contribution is -0.136. The van der Waals surface area contributed by atoms with Crippen LogP contribution in [0.5, 0.6) is 0 Å². The van der Waals surface area contributed by atoms with E-state index in [1.807, 2.05) is 31.2 Å². The number of aliphatic carboxylic acids is 1. The van der Waals surface area contributed by atoms with E-state index >= 15 is 0 Å². The van der Waals surface area contributed by atoms with Crippen molar-refractivity contribution in [1.82, 2.24) is 0 Å². The van der Waals surface area contributed by atoms with Gasteiger partial charge in [0, 0.05) is 5.69 Å². The van der Waals surface area contributed by atoms with E-state index in [0.717, 1.165) is 23.0 Å². The van der Waals surface area contributed by atoms with Gasteiger partial charge in [-0.2, -0.15) is 0 Å². The van der Waals surface area contributed by atoms with Crippen molar-refractivity contribution >= 4 is 29.3 Å². The van der Waals surface area contributed by atoms with Crippen molar-refractivity contribution in [3.05, 3.63) is 29.8 Å². The summed E-state index contributed by atoms with van der Waals surface area (Å²) in [7, 11) is 0. The van der Waals surface area contributed by atoms with Crippen molar-refractivity contribution < 1.29 is 14.7 Å². The van der Waals surface area contributed by atoms with Crippen LogP contribution in [-0.4, -0.2) is 28.0 Å². The number of nitrogens with one attached hydrogen (secondary N) is 1. The standard InChI is InChI=1S/C13H17NO3S/c1-3-11(13(16)17)18-8-12(15)14-10-6-4-9(2)5-7-10/h4-7,11H,3,8H2,1-2H3,(H,14,15)(H,16,17). The Morgan fingerprint density at radius 3 is 2.44 bits per heavy atom. The number of thioether (sulfide) groups is 1. The van der Waals surface area contributed by atoms with Crippen molar-refractivity contribution in [3.63, 3.8) is 0 Å². The molecule has 0 spiro atoms. The molecule has 98 valence electrons. The Kier molecular flexibility index (Phi) is 5.71. The van der Waals surface area contributed by atoms with Gasteiger partial charge < -0.3 is 10.4 Å². The van der Waals surface area contributed by atoms with E-state index in [4.69, 9.17) is 5.11 Å². The van der Waals surface area contributed by atoms with Crippen molar-refractivity contribution in [3.8, 4) is 0 Å². The lowest BCUT2D eigenvalue weighted by Crippen LogP contribution is -2.20. The third kappa shape index (κ3) is 4.79. The molecule has 0 aliphatic rings. The molecule has 5 heteroatoms. The van der Waals surface area contributed by atoms with Gasteiger partial charge in [-0.05, 0) is 25.5 Å². The fourth-order valence-corrected chi connectivity index (χ4v) is 2.18. The van der Waals surface area contributed by atoms with E-state index in [0.29, 0.717) is 6.42 Å². The third-order valence-electron chi connectivity index (χ3n) is 2.40. The summed E-state index contributed by atoms with van der Waals surface area (Å²) in [6.45, 7) is 3.77. The van der Waals surface area contributed by atoms with Crippen LogP contribution in [-0.2, 0) is 9.59 Å². The first kappa shape index (κ1) is 14.6. The molecule has 0 bridgehead atoms. The summed E-state index contributed by atoms with van der Waals surface area (Å²) in [6, 6.07) is 7.47. The second-order valence-corrected chi connectivity index (χ2v) is 5.15. The van der Waals surface area contributed by atoms with Crippen molar-refractivity contribution in [2.75, 3.05) is 11.1 Å². The molecule has 0 saturated heterocycles. The first-order chi connectivity index (χ1) is 8.52. The molecular weight excluding hydrogens is 250 g/mol. The number of aryl methyl sites for hydroxylation is 1. The number of carboxylic acids is 1. The molecule has 0 fully saturated rings. The molecule has 1 aromatic carbocycles. The SMILES string of the molecule is CCC(SCC(=O)Nc1ccc(C)cc1)C(=O)O. The summed E-state index contributed by atoms with van der Waals surface area (Å²) in [5, 5.41) is 11.1. The highest BCUT2D eigenvalue weighted by Crippen LogP contribution is 2.15. The maximum atomic E-state index is 11.6. The molecule has 0 aromatic heterocycles. The number of carbonyl (C=O) groups excluding carboxylic acids is 1. The van der Waals surface area contributed by atoms with Gasteiger partial charge in [-0.1, -0.05) is 24.6 Å². The monoisotopic (exact) mass is 267 g/mol. The number of benzene rings is 1. The second kappa shape index (κ2) is 7.06. The Labute approximate surface area is 111 Å². The van der Waals surface area contributed by atoms with Gasteiger partial charge in [0.1, 0.15) is 5.25 Å². The number of rotatable bonds is 6. The summed E-state index contributed by atoms with van der Waals surface area (Å²) in [5.41, 5.74) is 1.86. The zero-order valence-electron chi connectivity index (χ0n) is 10.5. The molecule has 0 radical (unpaired) electrons. The molecule has 0 saturated carbocycles. The molecule has 1 amide bonds. The molecule has 1 unspecified atom stereocenters.